The van der Waals surface area contributed by atoms with Crippen molar-refractivity contribution in [3.63, 3.8) is 0 Å². The Balaban J connectivity index is 1.90. The highest BCUT2D eigenvalue weighted by molar-refractivity contribution is 6.32. The molecule has 0 aliphatic heterocycles. The fourth-order valence-corrected chi connectivity index (χ4v) is 2.18. The Bertz CT molecular complexity index is 762. The van der Waals surface area contributed by atoms with Crippen molar-refractivity contribution in [1.82, 2.24) is 9.97 Å². The van der Waals surface area contributed by atoms with E-state index in [0.29, 0.717) is 11.4 Å². The van der Waals surface area contributed by atoms with Crippen LogP contribution in [-0.4, -0.2) is 15.9 Å². The smallest absolute Gasteiger partial charge is 0.272 e. The summed E-state index contributed by atoms with van der Waals surface area (Å²) in [5.74, 6) is -0.240. The van der Waals surface area contributed by atoms with Gasteiger partial charge >= 0.3 is 0 Å². The molecule has 0 saturated carbocycles. The molecule has 0 fully saturated rings. The lowest BCUT2D eigenvalue weighted by molar-refractivity contribution is 0.102. The zero-order valence-electron chi connectivity index (χ0n) is 10.8. The molecule has 20 heavy (non-hydrogen) atoms. The van der Waals surface area contributed by atoms with Crippen molar-refractivity contribution >= 4 is 34.1 Å². The van der Waals surface area contributed by atoms with Crippen LogP contribution in [0, 0.1) is 6.92 Å². The van der Waals surface area contributed by atoms with E-state index < -0.39 is 0 Å². The van der Waals surface area contributed by atoms with E-state index in [0.717, 1.165) is 16.5 Å². The highest BCUT2D eigenvalue weighted by Gasteiger charge is 2.11. The van der Waals surface area contributed by atoms with Crippen LogP contribution in [0.1, 0.15) is 16.1 Å². The Labute approximate surface area is 120 Å². The van der Waals surface area contributed by atoms with Crippen LogP contribution in [-0.2, 0) is 0 Å². The van der Waals surface area contributed by atoms with Gasteiger partial charge in [0.05, 0.1) is 5.69 Å². The molecule has 4 nitrogen and oxygen atoms in total. The van der Waals surface area contributed by atoms with Gasteiger partial charge in [0, 0.05) is 17.1 Å². The van der Waals surface area contributed by atoms with Gasteiger partial charge in [0.2, 0.25) is 0 Å². The Hall–Kier alpha value is -2.33. The SMILES string of the molecule is Cc1cnc(Cl)c(NC(=O)c2cc3ccccc3[nH]2)c1. The molecule has 0 bridgehead atoms. The topological polar surface area (TPSA) is 57.8 Å². The van der Waals surface area contributed by atoms with E-state index in [1.165, 1.54) is 0 Å². The van der Waals surface area contributed by atoms with Crippen molar-refractivity contribution in [3.8, 4) is 0 Å². The average molecular weight is 286 g/mol. The van der Waals surface area contributed by atoms with Gasteiger partial charge in [0.15, 0.2) is 5.15 Å². The molecule has 3 rings (SSSR count). The first-order chi connectivity index (χ1) is 9.63. The molecule has 0 unspecified atom stereocenters. The zero-order chi connectivity index (χ0) is 14.1. The number of hydrogen-bond acceptors (Lipinski definition) is 2. The maximum Gasteiger partial charge on any atom is 0.272 e. The number of amides is 1. The molecule has 100 valence electrons. The fourth-order valence-electron chi connectivity index (χ4n) is 2.03. The quantitative estimate of drug-likeness (QED) is 0.704. The number of halogens is 1. The Morgan fingerprint density at radius 1 is 1.30 bits per heavy atom. The van der Waals surface area contributed by atoms with Gasteiger partial charge in [-0.25, -0.2) is 4.98 Å². The van der Waals surface area contributed by atoms with Crippen molar-refractivity contribution in [2.75, 3.05) is 5.32 Å². The summed E-state index contributed by atoms with van der Waals surface area (Å²) in [5, 5.41) is 4.03. The van der Waals surface area contributed by atoms with Crippen LogP contribution in [0.15, 0.2) is 42.6 Å². The van der Waals surface area contributed by atoms with Crippen molar-refractivity contribution in [1.29, 1.82) is 0 Å². The molecule has 1 amide bonds. The number of aromatic amines is 1. The van der Waals surface area contributed by atoms with Crippen LogP contribution in [0.4, 0.5) is 5.69 Å². The molecule has 5 heteroatoms. The van der Waals surface area contributed by atoms with E-state index >= 15 is 0 Å². The number of benzene rings is 1. The zero-order valence-corrected chi connectivity index (χ0v) is 11.5. The van der Waals surface area contributed by atoms with Crippen molar-refractivity contribution in [3.05, 3.63) is 59.0 Å². The van der Waals surface area contributed by atoms with Gasteiger partial charge in [-0.2, -0.15) is 0 Å². The van der Waals surface area contributed by atoms with Crippen LogP contribution in [0.25, 0.3) is 10.9 Å². The van der Waals surface area contributed by atoms with Crippen LogP contribution in [0.2, 0.25) is 5.15 Å². The third-order valence-corrected chi connectivity index (χ3v) is 3.30. The second-order valence-corrected chi connectivity index (χ2v) is 4.93. The van der Waals surface area contributed by atoms with E-state index in [1.54, 1.807) is 12.3 Å². The molecule has 0 atom stereocenters. The minimum Gasteiger partial charge on any atom is -0.351 e. The third-order valence-electron chi connectivity index (χ3n) is 3.00. The van der Waals surface area contributed by atoms with E-state index in [-0.39, 0.29) is 11.1 Å². The number of carbonyl (C=O) groups is 1. The highest BCUT2D eigenvalue weighted by Crippen LogP contribution is 2.21. The first kappa shape index (κ1) is 12.7. The number of fused-ring (bicyclic) bond motifs is 1. The summed E-state index contributed by atoms with van der Waals surface area (Å²) in [7, 11) is 0. The number of aromatic nitrogens is 2. The van der Waals surface area contributed by atoms with E-state index in [1.807, 2.05) is 37.3 Å². The number of nitrogens with one attached hydrogen (secondary N) is 2. The van der Waals surface area contributed by atoms with Crippen molar-refractivity contribution < 1.29 is 4.79 Å². The van der Waals surface area contributed by atoms with Gasteiger partial charge in [-0.1, -0.05) is 29.8 Å². The van der Waals surface area contributed by atoms with Gasteiger partial charge in [0.1, 0.15) is 5.69 Å². The molecule has 0 aliphatic carbocycles. The van der Waals surface area contributed by atoms with Gasteiger partial charge in [0.25, 0.3) is 5.91 Å². The number of hydrogen-bond donors (Lipinski definition) is 2. The molecule has 3 aromatic rings. The van der Waals surface area contributed by atoms with Gasteiger partial charge < -0.3 is 10.3 Å². The molecule has 0 saturated heterocycles. The second-order valence-electron chi connectivity index (χ2n) is 4.58. The number of rotatable bonds is 2. The summed E-state index contributed by atoms with van der Waals surface area (Å²) in [5.41, 5.74) is 2.85. The normalized spacial score (nSPS) is 10.7. The summed E-state index contributed by atoms with van der Waals surface area (Å²) in [4.78, 5) is 19.3. The molecule has 0 spiro atoms. The molecule has 2 N–H and O–H groups in total. The number of H-pyrrole nitrogens is 1. The van der Waals surface area contributed by atoms with Crippen molar-refractivity contribution in [2.24, 2.45) is 0 Å². The predicted octanol–water partition coefficient (Wildman–Crippen LogP) is 3.78. The van der Waals surface area contributed by atoms with Gasteiger partial charge in [-0.3, -0.25) is 4.79 Å². The average Bonchev–Trinajstić information content (AvgIpc) is 2.87. The van der Waals surface area contributed by atoms with Crippen LogP contribution in [0.3, 0.4) is 0 Å². The third kappa shape index (κ3) is 2.38. The minimum atomic E-state index is -0.240. The molecule has 2 heterocycles. The number of para-hydroxylation sites is 1. The standard InChI is InChI=1S/C15H12ClN3O/c1-9-6-12(14(16)17-8-9)19-15(20)13-7-10-4-2-3-5-11(10)18-13/h2-8,18H,1H3,(H,19,20). The number of aryl methyl sites for hydroxylation is 1. The fraction of sp³-hybridized carbons (Fsp3) is 0.0667. The molecular formula is C15H12ClN3O. The summed E-state index contributed by atoms with van der Waals surface area (Å²) in [6, 6.07) is 11.3. The number of carbonyl (C=O) groups excluding carboxylic acids is 1. The maximum atomic E-state index is 12.2. The van der Waals surface area contributed by atoms with Gasteiger partial charge in [-0.15, -0.1) is 0 Å². The Morgan fingerprint density at radius 2 is 2.10 bits per heavy atom. The summed E-state index contributed by atoms with van der Waals surface area (Å²) in [6.45, 7) is 1.89. The number of anilines is 1. The van der Waals surface area contributed by atoms with Crippen LogP contribution in [0.5, 0.6) is 0 Å². The lowest BCUT2D eigenvalue weighted by atomic mass is 10.2. The first-order valence-electron chi connectivity index (χ1n) is 6.15. The van der Waals surface area contributed by atoms with Gasteiger partial charge in [-0.05, 0) is 30.7 Å². The molecule has 0 radical (unpaired) electrons. The first-order valence-corrected chi connectivity index (χ1v) is 6.52. The molecule has 1 aromatic carbocycles. The number of pyridine rings is 1. The van der Waals surface area contributed by atoms with E-state index in [4.69, 9.17) is 11.6 Å². The van der Waals surface area contributed by atoms with Crippen LogP contribution >= 0.6 is 11.6 Å². The Kier molecular flexibility index (Phi) is 3.16. The summed E-state index contributed by atoms with van der Waals surface area (Å²) >= 11 is 5.97. The molecular weight excluding hydrogens is 274 g/mol. The molecule has 2 aromatic heterocycles. The summed E-state index contributed by atoms with van der Waals surface area (Å²) < 4.78 is 0. The highest BCUT2D eigenvalue weighted by atomic mass is 35.5. The van der Waals surface area contributed by atoms with Crippen molar-refractivity contribution in [2.45, 2.75) is 6.92 Å². The molecule has 0 aliphatic rings. The minimum absolute atomic E-state index is 0.240. The second kappa shape index (κ2) is 4.98. The monoisotopic (exact) mass is 285 g/mol. The van der Waals surface area contributed by atoms with E-state index in [9.17, 15) is 4.79 Å². The maximum absolute atomic E-state index is 12.2. The van der Waals surface area contributed by atoms with Crippen LogP contribution < -0.4 is 5.32 Å². The Morgan fingerprint density at radius 3 is 2.90 bits per heavy atom. The lowest BCUT2D eigenvalue weighted by Gasteiger charge is -2.06. The number of nitrogens with zero attached hydrogens (tertiary/aromatic N) is 1. The summed E-state index contributed by atoms with van der Waals surface area (Å²) in [6.07, 6.45) is 1.65. The van der Waals surface area contributed by atoms with E-state index in [2.05, 4.69) is 15.3 Å². The lowest BCUT2D eigenvalue weighted by Crippen LogP contribution is -2.13. The largest absolute Gasteiger partial charge is 0.351 e. The predicted molar refractivity (Wildman–Crippen MR) is 80.2 cm³/mol.